The van der Waals surface area contributed by atoms with Gasteiger partial charge in [0.2, 0.25) is 0 Å². The number of ketones is 1. The standard InChI is InChI=1S/C14H12O2.C4H10O/c15-13(11-7-3-1-4-8-11)14(16)12-9-5-2-6-10-12;1-4(2)3-5/h1-10,13,15H;4-5H,3H2,1-2H3. The lowest BCUT2D eigenvalue weighted by Gasteiger charge is -2.09. The molecule has 1 unspecified atom stereocenters. The van der Waals surface area contributed by atoms with Gasteiger partial charge >= 0.3 is 0 Å². The summed E-state index contributed by atoms with van der Waals surface area (Å²) in [5.41, 5.74) is 1.15. The molecule has 0 heterocycles. The predicted octanol–water partition coefficient (Wildman–Crippen LogP) is 3.24. The number of carbonyl (C=O) groups excluding carboxylic acids is 1. The van der Waals surface area contributed by atoms with Crippen LogP contribution in [0, 0.1) is 5.92 Å². The van der Waals surface area contributed by atoms with Gasteiger partial charge in [-0.2, -0.15) is 0 Å². The topological polar surface area (TPSA) is 57.5 Å². The summed E-state index contributed by atoms with van der Waals surface area (Å²) in [6, 6.07) is 17.7. The van der Waals surface area contributed by atoms with E-state index in [9.17, 15) is 9.90 Å². The maximum Gasteiger partial charge on any atom is 0.195 e. The van der Waals surface area contributed by atoms with Crippen molar-refractivity contribution < 1.29 is 15.0 Å². The summed E-state index contributed by atoms with van der Waals surface area (Å²) in [5, 5.41) is 18.0. The van der Waals surface area contributed by atoms with Crippen LogP contribution in [0.15, 0.2) is 60.7 Å². The van der Waals surface area contributed by atoms with E-state index in [4.69, 9.17) is 5.11 Å². The first-order valence-electron chi connectivity index (χ1n) is 6.99. The van der Waals surface area contributed by atoms with Crippen molar-refractivity contribution in [1.29, 1.82) is 0 Å². The van der Waals surface area contributed by atoms with Gasteiger partial charge in [-0.3, -0.25) is 4.79 Å². The number of carbonyl (C=O) groups is 1. The number of Topliss-reactive ketones (excluding diaryl/α,β-unsaturated/α-hetero) is 1. The zero-order valence-corrected chi connectivity index (χ0v) is 12.4. The van der Waals surface area contributed by atoms with E-state index in [1.54, 1.807) is 48.5 Å². The van der Waals surface area contributed by atoms with Gasteiger partial charge in [0, 0.05) is 12.2 Å². The Labute approximate surface area is 125 Å². The van der Waals surface area contributed by atoms with Crippen molar-refractivity contribution in [3.63, 3.8) is 0 Å². The highest BCUT2D eigenvalue weighted by Gasteiger charge is 2.18. The fourth-order valence-electron chi connectivity index (χ4n) is 1.55. The van der Waals surface area contributed by atoms with Crippen molar-refractivity contribution >= 4 is 5.78 Å². The van der Waals surface area contributed by atoms with Gasteiger partial charge in [0.05, 0.1) is 0 Å². The largest absolute Gasteiger partial charge is 0.396 e. The van der Waals surface area contributed by atoms with Crippen LogP contribution in [-0.2, 0) is 0 Å². The highest BCUT2D eigenvalue weighted by atomic mass is 16.3. The maximum absolute atomic E-state index is 11.9. The van der Waals surface area contributed by atoms with Crippen molar-refractivity contribution in [3.8, 4) is 0 Å². The molecular weight excluding hydrogens is 264 g/mol. The molecule has 0 aliphatic rings. The summed E-state index contributed by atoms with van der Waals surface area (Å²) in [7, 11) is 0. The smallest absolute Gasteiger partial charge is 0.195 e. The molecule has 2 aromatic carbocycles. The van der Waals surface area contributed by atoms with Crippen LogP contribution in [0.2, 0.25) is 0 Å². The number of benzene rings is 2. The van der Waals surface area contributed by atoms with Crippen molar-refractivity contribution in [3.05, 3.63) is 71.8 Å². The zero-order chi connectivity index (χ0) is 15.7. The number of hydrogen-bond donors (Lipinski definition) is 2. The van der Waals surface area contributed by atoms with Crippen molar-refractivity contribution in [1.82, 2.24) is 0 Å². The number of hydrogen-bond acceptors (Lipinski definition) is 3. The highest BCUT2D eigenvalue weighted by Crippen LogP contribution is 2.17. The van der Waals surface area contributed by atoms with Gasteiger partial charge in [0.25, 0.3) is 0 Å². The molecule has 21 heavy (non-hydrogen) atoms. The second-order valence-electron chi connectivity index (χ2n) is 5.12. The summed E-state index contributed by atoms with van der Waals surface area (Å²) in [5.74, 6) is 0.168. The molecule has 3 heteroatoms. The van der Waals surface area contributed by atoms with Crippen LogP contribution in [0.25, 0.3) is 0 Å². The van der Waals surface area contributed by atoms with Gasteiger partial charge in [-0.05, 0) is 11.5 Å². The minimum atomic E-state index is -1.08. The number of aliphatic hydroxyl groups excluding tert-OH is 2. The first-order chi connectivity index (χ1) is 10.1. The third kappa shape index (κ3) is 5.90. The molecule has 0 aromatic heterocycles. The van der Waals surface area contributed by atoms with E-state index >= 15 is 0 Å². The summed E-state index contributed by atoms with van der Waals surface area (Å²) in [6.07, 6.45) is -1.08. The normalized spacial score (nSPS) is 11.5. The van der Waals surface area contributed by atoms with E-state index in [1.165, 1.54) is 0 Å². The second kappa shape index (κ2) is 9.06. The Morgan fingerprint density at radius 2 is 1.38 bits per heavy atom. The van der Waals surface area contributed by atoms with Crippen LogP contribution in [-0.4, -0.2) is 22.6 Å². The van der Waals surface area contributed by atoms with E-state index < -0.39 is 6.10 Å². The molecule has 0 aliphatic heterocycles. The van der Waals surface area contributed by atoms with Crippen molar-refractivity contribution in [2.24, 2.45) is 5.92 Å². The molecule has 0 bridgehead atoms. The molecule has 0 saturated carbocycles. The van der Waals surface area contributed by atoms with Crippen LogP contribution in [0.1, 0.15) is 35.9 Å². The Kier molecular flexibility index (Phi) is 7.37. The van der Waals surface area contributed by atoms with Crippen LogP contribution < -0.4 is 0 Å². The van der Waals surface area contributed by atoms with Crippen LogP contribution >= 0.6 is 0 Å². The lowest BCUT2D eigenvalue weighted by Crippen LogP contribution is -2.11. The molecule has 1 atom stereocenters. The monoisotopic (exact) mass is 286 g/mol. The highest BCUT2D eigenvalue weighted by molar-refractivity contribution is 5.99. The molecule has 0 saturated heterocycles. The fraction of sp³-hybridized carbons (Fsp3) is 0.278. The van der Waals surface area contributed by atoms with Crippen molar-refractivity contribution in [2.45, 2.75) is 20.0 Å². The summed E-state index contributed by atoms with van der Waals surface area (Å²) < 4.78 is 0. The number of rotatable bonds is 4. The molecule has 3 nitrogen and oxygen atoms in total. The van der Waals surface area contributed by atoms with Crippen molar-refractivity contribution in [2.75, 3.05) is 6.61 Å². The fourth-order valence-corrected chi connectivity index (χ4v) is 1.55. The molecule has 112 valence electrons. The second-order valence-corrected chi connectivity index (χ2v) is 5.12. The third-order valence-electron chi connectivity index (χ3n) is 2.79. The SMILES string of the molecule is CC(C)CO.O=C(c1ccccc1)C(O)c1ccccc1. The Bertz CT molecular complexity index is 521. The van der Waals surface area contributed by atoms with Gasteiger partial charge < -0.3 is 10.2 Å². The van der Waals surface area contributed by atoms with Gasteiger partial charge in [0.15, 0.2) is 5.78 Å². The van der Waals surface area contributed by atoms with Gasteiger partial charge in [0.1, 0.15) is 6.10 Å². The van der Waals surface area contributed by atoms with Gasteiger partial charge in [-0.25, -0.2) is 0 Å². The van der Waals surface area contributed by atoms with E-state index in [2.05, 4.69) is 0 Å². The molecule has 0 aliphatic carbocycles. The minimum absolute atomic E-state index is 0.271. The molecule has 2 N–H and O–H groups in total. The van der Waals surface area contributed by atoms with Crippen LogP contribution in [0.3, 0.4) is 0 Å². The molecular formula is C18H22O3. The minimum Gasteiger partial charge on any atom is -0.396 e. The predicted molar refractivity (Wildman–Crippen MR) is 84.1 cm³/mol. The molecule has 2 aromatic rings. The summed E-state index contributed by atoms with van der Waals surface area (Å²) in [6.45, 7) is 4.25. The molecule has 0 amide bonds. The molecule has 0 radical (unpaired) electrons. The number of aliphatic hydroxyl groups is 2. The van der Waals surface area contributed by atoms with Crippen LogP contribution in [0.5, 0.6) is 0 Å². The Morgan fingerprint density at radius 3 is 1.81 bits per heavy atom. The molecule has 2 rings (SSSR count). The summed E-state index contributed by atoms with van der Waals surface area (Å²) >= 11 is 0. The summed E-state index contributed by atoms with van der Waals surface area (Å²) in [4.78, 5) is 11.9. The third-order valence-corrected chi connectivity index (χ3v) is 2.79. The van der Waals surface area contributed by atoms with E-state index in [0.717, 1.165) is 0 Å². The Balaban J connectivity index is 0.000000383. The molecule has 0 fully saturated rings. The average molecular weight is 286 g/mol. The Hall–Kier alpha value is -1.97. The first kappa shape index (κ1) is 17.1. The zero-order valence-electron chi connectivity index (χ0n) is 12.4. The quantitative estimate of drug-likeness (QED) is 0.848. The first-order valence-corrected chi connectivity index (χ1v) is 6.99. The maximum atomic E-state index is 11.9. The van der Waals surface area contributed by atoms with E-state index in [1.807, 2.05) is 26.0 Å². The van der Waals surface area contributed by atoms with E-state index in [-0.39, 0.29) is 5.78 Å². The van der Waals surface area contributed by atoms with Crippen LogP contribution in [0.4, 0.5) is 0 Å². The molecule has 0 spiro atoms. The van der Waals surface area contributed by atoms with Gasteiger partial charge in [-0.15, -0.1) is 0 Å². The Morgan fingerprint density at radius 1 is 0.952 bits per heavy atom. The van der Waals surface area contributed by atoms with E-state index in [0.29, 0.717) is 23.7 Å². The lowest BCUT2D eigenvalue weighted by atomic mass is 10.0. The van der Waals surface area contributed by atoms with Gasteiger partial charge in [-0.1, -0.05) is 74.5 Å². The average Bonchev–Trinajstić information content (AvgIpc) is 2.55. The lowest BCUT2D eigenvalue weighted by molar-refractivity contribution is 0.0747.